The van der Waals surface area contributed by atoms with Crippen LogP contribution in [0.1, 0.15) is 28.2 Å². The fraction of sp³-hybridized carbons (Fsp3) is 0.238. The molecular formula is C21H19F2N3OS. The highest BCUT2D eigenvalue weighted by atomic mass is 32.1. The molecule has 0 unspecified atom stereocenters. The summed E-state index contributed by atoms with van der Waals surface area (Å²) in [4.78, 5) is 19.5. The Morgan fingerprint density at radius 3 is 2.36 bits per heavy atom. The molecule has 2 heterocycles. The number of hydrogen-bond donors (Lipinski definition) is 1. The van der Waals surface area contributed by atoms with Gasteiger partial charge >= 0.3 is 0 Å². The maximum Gasteiger partial charge on any atom is 0.267 e. The number of rotatable bonds is 4. The highest BCUT2D eigenvalue weighted by molar-refractivity contribution is 7.17. The monoisotopic (exact) mass is 399 g/mol. The van der Waals surface area contributed by atoms with Gasteiger partial charge in [-0.2, -0.15) is 0 Å². The number of thiazole rings is 1. The number of halogens is 2. The van der Waals surface area contributed by atoms with Gasteiger partial charge in [-0.15, -0.1) is 11.3 Å². The Balaban J connectivity index is 1.53. The van der Waals surface area contributed by atoms with E-state index in [0.29, 0.717) is 16.3 Å². The Kier molecular flexibility index (Phi) is 5.09. The summed E-state index contributed by atoms with van der Waals surface area (Å²) in [5.74, 6) is -1.73. The number of nitrogens with zero attached hydrogens (tertiary/aromatic N) is 2. The van der Waals surface area contributed by atoms with Crippen molar-refractivity contribution in [1.82, 2.24) is 4.98 Å². The van der Waals surface area contributed by atoms with Gasteiger partial charge in [0.2, 0.25) is 0 Å². The molecule has 0 bridgehead atoms. The zero-order valence-corrected chi connectivity index (χ0v) is 16.2. The van der Waals surface area contributed by atoms with Gasteiger partial charge in [-0.1, -0.05) is 6.07 Å². The van der Waals surface area contributed by atoms with E-state index >= 15 is 0 Å². The van der Waals surface area contributed by atoms with Crippen LogP contribution in [-0.2, 0) is 0 Å². The van der Waals surface area contributed by atoms with E-state index in [0.717, 1.165) is 30.1 Å². The van der Waals surface area contributed by atoms with Crippen LogP contribution in [0.4, 0.5) is 20.2 Å². The minimum atomic E-state index is -0.696. The lowest BCUT2D eigenvalue weighted by Gasteiger charge is -2.17. The molecule has 0 atom stereocenters. The van der Waals surface area contributed by atoms with Crippen molar-refractivity contribution in [1.29, 1.82) is 0 Å². The summed E-state index contributed by atoms with van der Waals surface area (Å²) in [6.07, 6.45) is 2.40. The number of aryl methyl sites for hydroxylation is 1. The molecule has 1 aliphatic heterocycles. The Bertz CT molecular complexity index is 991. The van der Waals surface area contributed by atoms with Crippen LogP contribution in [0.25, 0.3) is 10.6 Å². The second-order valence-corrected chi connectivity index (χ2v) is 7.72. The smallest absolute Gasteiger partial charge is 0.267 e. The summed E-state index contributed by atoms with van der Waals surface area (Å²) in [5, 5.41) is 2.99. The van der Waals surface area contributed by atoms with E-state index in [2.05, 4.69) is 15.2 Å². The van der Waals surface area contributed by atoms with Gasteiger partial charge in [0, 0.05) is 24.5 Å². The normalized spacial score (nSPS) is 13.8. The first-order valence-corrected chi connectivity index (χ1v) is 9.93. The summed E-state index contributed by atoms with van der Waals surface area (Å²) < 4.78 is 28.0. The molecule has 28 heavy (non-hydrogen) atoms. The summed E-state index contributed by atoms with van der Waals surface area (Å²) in [6.45, 7) is 3.77. The summed E-state index contributed by atoms with van der Waals surface area (Å²) >= 11 is 0.980. The van der Waals surface area contributed by atoms with Crippen molar-refractivity contribution >= 4 is 28.6 Å². The van der Waals surface area contributed by atoms with Crippen LogP contribution in [0.5, 0.6) is 0 Å². The fourth-order valence-electron chi connectivity index (χ4n) is 3.33. The lowest BCUT2D eigenvalue weighted by molar-refractivity contribution is 0.103. The molecule has 1 aromatic heterocycles. The highest BCUT2D eigenvalue weighted by Crippen LogP contribution is 2.32. The molecular weight excluding hydrogens is 380 g/mol. The van der Waals surface area contributed by atoms with Crippen LogP contribution in [0.15, 0.2) is 42.5 Å². The highest BCUT2D eigenvalue weighted by Gasteiger charge is 2.21. The molecule has 0 radical (unpaired) electrons. The minimum absolute atomic E-state index is 0.155. The quantitative estimate of drug-likeness (QED) is 0.652. The maximum absolute atomic E-state index is 14.0. The van der Waals surface area contributed by atoms with Gasteiger partial charge in [0.25, 0.3) is 5.91 Å². The molecule has 1 amide bonds. The number of benzene rings is 2. The lowest BCUT2D eigenvalue weighted by Crippen LogP contribution is -2.17. The van der Waals surface area contributed by atoms with Crippen LogP contribution in [-0.4, -0.2) is 24.0 Å². The van der Waals surface area contributed by atoms with Gasteiger partial charge in [-0.25, -0.2) is 13.8 Å². The van der Waals surface area contributed by atoms with Crippen molar-refractivity contribution in [2.45, 2.75) is 19.8 Å². The lowest BCUT2D eigenvalue weighted by atomic mass is 10.2. The number of nitrogens with one attached hydrogen (secondary N) is 1. The Morgan fingerprint density at radius 1 is 1.07 bits per heavy atom. The van der Waals surface area contributed by atoms with Crippen LogP contribution in [0.3, 0.4) is 0 Å². The number of carbonyl (C=O) groups is 1. The van der Waals surface area contributed by atoms with E-state index in [1.54, 1.807) is 6.92 Å². The van der Waals surface area contributed by atoms with E-state index in [-0.39, 0.29) is 16.5 Å². The van der Waals surface area contributed by atoms with E-state index in [4.69, 9.17) is 0 Å². The first-order valence-electron chi connectivity index (χ1n) is 9.11. The van der Waals surface area contributed by atoms with Crippen molar-refractivity contribution in [2.24, 2.45) is 0 Å². The average molecular weight is 399 g/mol. The topological polar surface area (TPSA) is 45.2 Å². The minimum Gasteiger partial charge on any atom is -0.372 e. The van der Waals surface area contributed by atoms with Gasteiger partial charge in [-0.3, -0.25) is 4.79 Å². The van der Waals surface area contributed by atoms with Gasteiger partial charge < -0.3 is 10.2 Å². The van der Waals surface area contributed by atoms with Crippen molar-refractivity contribution < 1.29 is 13.6 Å². The maximum atomic E-state index is 14.0. The van der Waals surface area contributed by atoms with Crippen molar-refractivity contribution in [3.63, 3.8) is 0 Å². The summed E-state index contributed by atoms with van der Waals surface area (Å²) in [7, 11) is 0. The number of aromatic nitrogens is 1. The average Bonchev–Trinajstić information content (AvgIpc) is 3.32. The van der Waals surface area contributed by atoms with E-state index in [1.165, 1.54) is 31.0 Å². The molecule has 7 heteroatoms. The molecule has 0 spiro atoms. The molecule has 144 valence electrons. The van der Waals surface area contributed by atoms with Gasteiger partial charge in [0.1, 0.15) is 21.5 Å². The molecule has 4 rings (SSSR count). The van der Waals surface area contributed by atoms with Gasteiger partial charge in [0.15, 0.2) is 0 Å². The molecule has 1 fully saturated rings. The van der Waals surface area contributed by atoms with Crippen LogP contribution >= 0.6 is 11.3 Å². The van der Waals surface area contributed by atoms with Crippen LogP contribution < -0.4 is 10.2 Å². The predicted octanol–water partition coefficient (Wildman–Crippen LogP) is 5.25. The second kappa shape index (κ2) is 7.67. The van der Waals surface area contributed by atoms with Crippen LogP contribution in [0, 0.1) is 18.6 Å². The molecule has 1 N–H and O–H groups in total. The van der Waals surface area contributed by atoms with Crippen molar-refractivity contribution in [3.05, 3.63) is 64.7 Å². The van der Waals surface area contributed by atoms with E-state index in [9.17, 15) is 13.6 Å². The van der Waals surface area contributed by atoms with E-state index in [1.807, 2.05) is 24.3 Å². The first kappa shape index (κ1) is 18.6. The third-order valence-electron chi connectivity index (χ3n) is 4.78. The summed E-state index contributed by atoms with van der Waals surface area (Å²) in [6, 6.07) is 11.3. The number of hydrogen-bond acceptors (Lipinski definition) is 4. The molecule has 1 saturated heterocycles. The number of anilines is 2. The second-order valence-electron chi connectivity index (χ2n) is 6.73. The third kappa shape index (κ3) is 3.62. The first-order chi connectivity index (χ1) is 13.5. The summed E-state index contributed by atoms with van der Waals surface area (Å²) in [5.41, 5.74) is 2.04. The van der Waals surface area contributed by atoms with Crippen molar-refractivity contribution in [2.75, 3.05) is 23.3 Å². The van der Waals surface area contributed by atoms with Crippen molar-refractivity contribution in [3.8, 4) is 10.6 Å². The standard InChI is InChI=1S/C21H19F2N3OS/c1-13-19(28-21(24-13)18-16(22)5-4-6-17(18)23)20(27)25-14-7-9-15(10-8-14)26-11-2-3-12-26/h4-10H,2-3,11-12H2,1H3,(H,25,27). The SMILES string of the molecule is Cc1nc(-c2c(F)cccc2F)sc1C(=O)Nc1ccc(N2CCCC2)cc1. The molecule has 0 saturated carbocycles. The third-order valence-corrected chi connectivity index (χ3v) is 5.95. The Hall–Kier alpha value is -2.80. The Labute approximate surface area is 165 Å². The van der Waals surface area contributed by atoms with E-state index < -0.39 is 11.6 Å². The number of amides is 1. The zero-order chi connectivity index (χ0) is 19.7. The molecule has 0 aliphatic carbocycles. The van der Waals surface area contributed by atoms with Gasteiger partial charge in [-0.05, 0) is 56.2 Å². The molecule has 1 aliphatic rings. The molecule has 4 nitrogen and oxygen atoms in total. The fourth-order valence-corrected chi connectivity index (χ4v) is 4.34. The van der Waals surface area contributed by atoms with Crippen LogP contribution in [0.2, 0.25) is 0 Å². The van der Waals surface area contributed by atoms with Gasteiger partial charge in [0.05, 0.1) is 11.3 Å². The predicted molar refractivity (Wildman–Crippen MR) is 108 cm³/mol. The molecule has 2 aromatic carbocycles. The largest absolute Gasteiger partial charge is 0.372 e. The zero-order valence-electron chi connectivity index (χ0n) is 15.3. The number of carbonyl (C=O) groups excluding carboxylic acids is 1. The Morgan fingerprint density at radius 2 is 1.71 bits per heavy atom. The molecule has 3 aromatic rings.